The second-order valence-corrected chi connectivity index (χ2v) is 4.47. The molecule has 3 heteroatoms. The first-order valence-electron chi connectivity index (χ1n) is 5.65. The van der Waals surface area contributed by atoms with Crippen molar-refractivity contribution in [2.45, 2.75) is 26.8 Å². The standard InChI is InChI=1S/C13H17N3/c1-11(2)7-12-8-15-16(9-12)10-13-5-3-4-6-14-13/h3-6,8-9,11H,7,10H2,1-2H3. The maximum absolute atomic E-state index is 4.34. The topological polar surface area (TPSA) is 30.7 Å². The van der Waals surface area contributed by atoms with Gasteiger partial charge in [0, 0.05) is 12.4 Å². The molecule has 3 nitrogen and oxygen atoms in total. The predicted molar refractivity (Wildman–Crippen MR) is 64.1 cm³/mol. The molecule has 2 aromatic heterocycles. The Morgan fingerprint density at radius 3 is 2.88 bits per heavy atom. The van der Waals surface area contributed by atoms with Crippen LogP contribution in [0.1, 0.15) is 25.1 Å². The Morgan fingerprint density at radius 1 is 1.31 bits per heavy atom. The van der Waals surface area contributed by atoms with Gasteiger partial charge in [0.2, 0.25) is 0 Å². The average molecular weight is 215 g/mol. The highest BCUT2D eigenvalue weighted by Crippen LogP contribution is 2.07. The van der Waals surface area contributed by atoms with Crippen molar-refractivity contribution >= 4 is 0 Å². The van der Waals surface area contributed by atoms with E-state index in [9.17, 15) is 0 Å². The van der Waals surface area contributed by atoms with Crippen LogP contribution in [0.5, 0.6) is 0 Å². The molecule has 0 radical (unpaired) electrons. The molecule has 2 rings (SSSR count). The lowest BCUT2D eigenvalue weighted by atomic mass is 10.1. The number of pyridine rings is 1. The first-order chi connectivity index (χ1) is 7.74. The van der Waals surface area contributed by atoms with Crippen molar-refractivity contribution in [2.75, 3.05) is 0 Å². The molecule has 0 aromatic carbocycles. The van der Waals surface area contributed by atoms with Crippen molar-refractivity contribution in [1.82, 2.24) is 14.8 Å². The molecule has 0 saturated heterocycles. The maximum atomic E-state index is 4.34. The molecule has 0 amide bonds. The fraction of sp³-hybridized carbons (Fsp3) is 0.385. The summed E-state index contributed by atoms with van der Waals surface area (Å²) in [6.45, 7) is 5.19. The van der Waals surface area contributed by atoms with E-state index in [1.165, 1.54) is 5.56 Å². The highest BCUT2D eigenvalue weighted by atomic mass is 15.3. The zero-order valence-corrected chi connectivity index (χ0v) is 9.80. The molecule has 0 aliphatic heterocycles. The van der Waals surface area contributed by atoms with E-state index in [0.717, 1.165) is 18.7 Å². The summed E-state index contributed by atoms with van der Waals surface area (Å²) in [7, 11) is 0. The van der Waals surface area contributed by atoms with Crippen LogP contribution in [0, 0.1) is 5.92 Å². The molecule has 0 saturated carbocycles. The van der Waals surface area contributed by atoms with Crippen LogP contribution in [0.4, 0.5) is 0 Å². The second kappa shape index (κ2) is 4.92. The Morgan fingerprint density at radius 2 is 2.19 bits per heavy atom. The third-order valence-corrected chi connectivity index (χ3v) is 2.38. The number of rotatable bonds is 4. The molecule has 2 heterocycles. The third-order valence-electron chi connectivity index (χ3n) is 2.38. The minimum absolute atomic E-state index is 0.674. The van der Waals surface area contributed by atoms with Crippen LogP contribution in [-0.4, -0.2) is 14.8 Å². The molecule has 84 valence electrons. The molecule has 16 heavy (non-hydrogen) atoms. The van der Waals surface area contributed by atoms with E-state index in [1.54, 1.807) is 0 Å². The van der Waals surface area contributed by atoms with E-state index in [4.69, 9.17) is 0 Å². The van der Waals surface area contributed by atoms with E-state index < -0.39 is 0 Å². The van der Waals surface area contributed by atoms with Gasteiger partial charge in [-0.3, -0.25) is 9.67 Å². The van der Waals surface area contributed by atoms with Crippen LogP contribution in [-0.2, 0) is 13.0 Å². The van der Waals surface area contributed by atoms with Crippen molar-refractivity contribution in [2.24, 2.45) is 5.92 Å². The van der Waals surface area contributed by atoms with E-state index in [1.807, 2.05) is 35.3 Å². The van der Waals surface area contributed by atoms with Gasteiger partial charge in [-0.15, -0.1) is 0 Å². The van der Waals surface area contributed by atoms with Gasteiger partial charge in [-0.25, -0.2) is 0 Å². The zero-order valence-electron chi connectivity index (χ0n) is 9.80. The average Bonchev–Trinajstić information content (AvgIpc) is 2.66. The summed E-state index contributed by atoms with van der Waals surface area (Å²) in [4.78, 5) is 4.28. The Bertz CT molecular complexity index is 431. The van der Waals surface area contributed by atoms with Gasteiger partial charge in [-0.1, -0.05) is 19.9 Å². The Hall–Kier alpha value is -1.64. The fourth-order valence-corrected chi connectivity index (χ4v) is 1.73. The van der Waals surface area contributed by atoms with Gasteiger partial charge in [-0.2, -0.15) is 5.10 Å². The molecule has 0 aliphatic rings. The van der Waals surface area contributed by atoms with Gasteiger partial charge in [0.25, 0.3) is 0 Å². The van der Waals surface area contributed by atoms with Crippen molar-refractivity contribution in [3.63, 3.8) is 0 Å². The fourth-order valence-electron chi connectivity index (χ4n) is 1.73. The molecule has 0 fully saturated rings. The summed E-state index contributed by atoms with van der Waals surface area (Å²) >= 11 is 0. The summed E-state index contributed by atoms with van der Waals surface area (Å²) in [5.74, 6) is 0.674. The largest absolute Gasteiger partial charge is 0.266 e. The van der Waals surface area contributed by atoms with Crippen LogP contribution < -0.4 is 0 Å². The van der Waals surface area contributed by atoms with Crippen LogP contribution in [0.25, 0.3) is 0 Å². The van der Waals surface area contributed by atoms with Crippen molar-refractivity contribution < 1.29 is 0 Å². The first kappa shape index (κ1) is 10.9. The lowest BCUT2D eigenvalue weighted by Gasteiger charge is -2.01. The van der Waals surface area contributed by atoms with Crippen molar-refractivity contribution in [3.8, 4) is 0 Å². The molecule has 0 spiro atoms. The molecular formula is C13H17N3. The maximum Gasteiger partial charge on any atom is 0.0831 e. The van der Waals surface area contributed by atoms with Gasteiger partial charge in [0.15, 0.2) is 0 Å². The third kappa shape index (κ3) is 2.92. The lowest BCUT2D eigenvalue weighted by molar-refractivity contribution is 0.643. The smallest absolute Gasteiger partial charge is 0.0831 e. The molecule has 0 unspecified atom stereocenters. The summed E-state index contributed by atoms with van der Waals surface area (Å²) < 4.78 is 1.94. The highest BCUT2D eigenvalue weighted by Gasteiger charge is 2.02. The number of nitrogens with zero attached hydrogens (tertiary/aromatic N) is 3. The number of hydrogen-bond donors (Lipinski definition) is 0. The zero-order chi connectivity index (χ0) is 11.4. The molecule has 0 bridgehead atoms. The quantitative estimate of drug-likeness (QED) is 0.784. The van der Waals surface area contributed by atoms with E-state index in [-0.39, 0.29) is 0 Å². The molecule has 0 aliphatic carbocycles. The van der Waals surface area contributed by atoms with Crippen molar-refractivity contribution in [3.05, 3.63) is 48.0 Å². The van der Waals surface area contributed by atoms with Crippen LogP contribution in [0.15, 0.2) is 36.8 Å². The summed E-state index contributed by atoms with van der Waals surface area (Å²) in [6.07, 6.45) is 6.95. The summed E-state index contributed by atoms with van der Waals surface area (Å²) in [5.41, 5.74) is 2.34. The Balaban J connectivity index is 2.03. The Labute approximate surface area is 96.1 Å². The van der Waals surface area contributed by atoms with Crippen LogP contribution in [0.2, 0.25) is 0 Å². The highest BCUT2D eigenvalue weighted by molar-refractivity contribution is 5.08. The molecule has 0 N–H and O–H groups in total. The summed E-state index contributed by atoms with van der Waals surface area (Å²) in [5, 5.41) is 4.34. The van der Waals surface area contributed by atoms with Crippen molar-refractivity contribution in [1.29, 1.82) is 0 Å². The molecule has 2 aromatic rings. The SMILES string of the molecule is CC(C)Cc1cnn(Cc2ccccn2)c1. The minimum Gasteiger partial charge on any atom is -0.266 e. The van der Waals surface area contributed by atoms with Gasteiger partial charge < -0.3 is 0 Å². The van der Waals surface area contributed by atoms with E-state index >= 15 is 0 Å². The normalized spacial score (nSPS) is 10.9. The number of aromatic nitrogens is 3. The van der Waals surface area contributed by atoms with Gasteiger partial charge in [-0.05, 0) is 30.0 Å². The predicted octanol–water partition coefficient (Wildman–Crippen LogP) is 2.52. The van der Waals surface area contributed by atoms with E-state index in [2.05, 4.69) is 30.1 Å². The molecule has 0 atom stereocenters. The van der Waals surface area contributed by atoms with Crippen LogP contribution >= 0.6 is 0 Å². The second-order valence-electron chi connectivity index (χ2n) is 4.47. The summed E-state index contributed by atoms with van der Waals surface area (Å²) in [6, 6.07) is 5.95. The van der Waals surface area contributed by atoms with Gasteiger partial charge in [0.1, 0.15) is 0 Å². The monoisotopic (exact) mass is 215 g/mol. The molecular weight excluding hydrogens is 198 g/mol. The number of hydrogen-bond acceptors (Lipinski definition) is 2. The lowest BCUT2D eigenvalue weighted by Crippen LogP contribution is -2.01. The minimum atomic E-state index is 0.674. The first-order valence-corrected chi connectivity index (χ1v) is 5.65. The van der Waals surface area contributed by atoms with Gasteiger partial charge in [0.05, 0.1) is 18.4 Å². The van der Waals surface area contributed by atoms with Crippen LogP contribution in [0.3, 0.4) is 0 Å². The van der Waals surface area contributed by atoms with E-state index in [0.29, 0.717) is 5.92 Å². The Kier molecular flexibility index (Phi) is 3.34. The van der Waals surface area contributed by atoms with Gasteiger partial charge >= 0.3 is 0 Å².